The zero-order valence-electron chi connectivity index (χ0n) is 16.9. The second-order valence-corrected chi connectivity index (χ2v) is 7.29. The Morgan fingerprint density at radius 3 is 2.57 bits per heavy atom. The Morgan fingerprint density at radius 1 is 1.21 bits per heavy atom. The van der Waals surface area contributed by atoms with Crippen molar-refractivity contribution >= 4 is 17.8 Å². The van der Waals surface area contributed by atoms with Crippen LogP contribution in [0.4, 0.5) is 0 Å². The number of amides is 2. The lowest BCUT2D eigenvalue weighted by Crippen LogP contribution is -2.57. The van der Waals surface area contributed by atoms with Crippen molar-refractivity contribution in [3.05, 3.63) is 29.8 Å². The number of esters is 1. The first-order chi connectivity index (χ1) is 13.4. The van der Waals surface area contributed by atoms with Crippen molar-refractivity contribution in [2.75, 3.05) is 26.3 Å². The SMILES string of the molecule is CCCOc1ccc(C(=O)N2CCNC(=O)C2CC(=O)OCCC(C)C)cc1. The Labute approximate surface area is 166 Å². The quantitative estimate of drug-likeness (QED) is 0.655. The molecule has 1 unspecified atom stereocenters. The summed E-state index contributed by atoms with van der Waals surface area (Å²) in [7, 11) is 0. The second kappa shape index (κ2) is 10.7. The smallest absolute Gasteiger partial charge is 0.308 e. The number of carbonyl (C=O) groups excluding carboxylic acids is 3. The van der Waals surface area contributed by atoms with Gasteiger partial charge in [-0.15, -0.1) is 0 Å². The molecule has 154 valence electrons. The molecule has 1 saturated heterocycles. The van der Waals surface area contributed by atoms with E-state index in [2.05, 4.69) is 5.32 Å². The van der Waals surface area contributed by atoms with Gasteiger partial charge in [0.05, 0.1) is 19.6 Å². The Balaban J connectivity index is 2.02. The van der Waals surface area contributed by atoms with E-state index in [1.165, 1.54) is 4.90 Å². The van der Waals surface area contributed by atoms with Crippen LogP contribution in [-0.2, 0) is 14.3 Å². The Kier molecular flexibility index (Phi) is 8.29. The molecule has 0 bridgehead atoms. The maximum atomic E-state index is 12.9. The van der Waals surface area contributed by atoms with Crippen molar-refractivity contribution < 1.29 is 23.9 Å². The van der Waals surface area contributed by atoms with Gasteiger partial charge >= 0.3 is 5.97 Å². The number of piperazine rings is 1. The molecule has 1 aliphatic rings. The van der Waals surface area contributed by atoms with Crippen molar-refractivity contribution in [2.45, 2.75) is 46.1 Å². The summed E-state index contributed by atoms with van der Waals surface area (Å²) in [5.74, 6) is 0.0391. The Hall–Kier alpha value is -2.57. The molecule has 0 saturated carbocycles. The number of nitrogens with one attached hydrogen (secondary N) is 1. The summed E-state index contributed by atoms with van der Waals surface area (Å²) < 4.78 is 10.7. The molecule has 1 aliphatic heterocycles. The summed E-state index contributed by atoms with van der Waals surface area (Å²) in [6.45, 7) is 7.75. The van der Waals surface area contributed by atoms with E-state index in [9.17, 15) is 14.4 Å². The van der Waals surface area contributed by atoms with E-state index in [4.69, 9.17) is 9.47 Å². The fourth-order valence-corrected chi connectivity index (χ4v) is 2.87. The normalized spacial score (nSPS) is 16.6. The predicted octanol–water partition coefficient (Wildman–Crippen LogP) is 2.40. The zero-order chi connectivity index (χ0) is 20.5. The van der Waals surface area contributed by atoms with Crippen LogP contribution >= 0.6 is 0 Å². The van der Waals surface area contributed by atoms with Gasteiger partial charge < -0.3 is 19.7 Å². The molecule has 1 N–H and O–H groups in total. The average molecular weight is 390 g/mol. The summed E-state index contributed by atoms with van der Waals surface area (Å²) in [5.41, 5.74) is 0.455. The molecule has 7 nitrogen and oxygen atoms in total. The molecule has 0 radical (unpaired) electrons. The molecule has 1 aromatic carbocycles. The van der Waals surface area contributed by atoms with Gasteiger partial charge in [0.2, 0.25) is 5.91 Å². The van der Waals surface area contributed by atoms with Crippen molar-refractivity contribution in [2.24, 2.45) is 5.92 Å². The molecule has 28 heavy (non-hydrogen) atoms. The zero-order valence-corrected chi connectivity index (χ0v) is 16.9. The first kappa shape index (κ1) is 21.7. The van der Waals surface area contributed by atoms with E-state index >= 15 is 0 Å². The van der Waals surface area contributed by atoms with Gasteiger partial charge in [-0.2, -0.15) is 0 Å². The van der Waals surface area contributed by atoms with Crippen molar-refractivity contribution in [3.63, 3.8) is 0 Å². The van der Waals surface area contributed by atoms with Gasteiger partial charge in [0.15, 0.2) is 0 Å². The van der Waals surface area contributed by atoms with E-state index < -0.39 is 12.0 Å². The van der Waals surface area contributed by atoms with Crippen LogP contribution in [0.25, 0.3) is 0 Å². The van der Waals surface area contributed by atoms with Crippen LogP contribution in [0.2, 0.25) is 0 Å². The highest BCUT2D eigenvalue weighted by Gasteiger charge is 2.35. The summed E-state index contributed by atoms with van der Waals surface area (Å²) in [4.78, 5) is 38.8. The first-order valence-corrected chi connectivity index (χ1v) is 9.89. The topological polar surface area (TPSA) is 84.9 Å². The van der Waals surface area contributed by atoms with Crippen molar-refractivity contribution in [3.8, 4) is 5.75 Å². The van der Waals surface area contributed by atoms with Gasteiger partial charge in [0, 0.05) is 18.7 Å². The van der Waals surface area contributed by atoms with Gasteiger partial charge in [-0.25, -0.2) is 0 Å². The molecule has 0 spiro atoms. The molecule has 2 rings (SSSR count). The maximum absolute atomic E-state index is 12.9. The molecule has 0 aliphatic carbocycles. The fourth-order valence-electron chi connectivity index (χ4n) is 2.87. The molecule has 0 aromatic heterocycles. The standard InChI is InChI=1S/C21H30N2O5/c1-4-12-27-17-7-5-16(6-8-17)21(26)23-11-10-22-20(25)18(23)14-19(24)28-13-9-15(2)3/h5-8,15,18H,4,9-14H2,1-3H3,(H,22,25). The van der Waals surface area contributed by atoms with Crippen molar-refractivity contribution in [1.82, 2.24) is 10.2 Å². The van der Waals surface area contributed by atoms with E-state index in [-0.39, 0.29) is 18.2 Å². The van der Waals surface area contributed by atoms with Gasteiger partial charge in [-0.1, -0.05) is 20.8 Å². The third kappa shape index (κ3) is 6.25. The molecular formula is C21H30N2O5. The number of ether oxygens (including phenoxy) is 2. The van der Waals surface area contributed by atoms with E-state index in [1.807, 2.05) is 20.8 Å². The molecule has 1 heterocycles. The molecular weight excluding hydrogens is 360 g/mol. The number of carbonyl (C=O) groups is 3. The summed E-state index contributed by atoms with van der Waals surface area (Å²) in [6.07, 6.45) is 1.52. The van der Waals surface area contributed by atoms with Gasteiger partial charge in [-0.05, 0) is 43.0 Å². The van der Waals surface area contributed by atoms with Crippen LogP contribution in [0.3, 0.4) is 0 Å². The fraction of sp³-hybridized carbons (Fsp3) is 0.571. The van der Waals surface area contributed by atoms with Crippen LogP contribution in [0.5, 0.6) is 5.75 Å². The molecule has 1 fully saturated rings. The highest BCUT2D eigenvalue weighted by Crippen LogP contribution is 2.18. The maximum Gasteiger partial charge on any atom is 0.308 e. The summed E-state index contributed by atoms with van der Waals surface area (Å²) in [6, 6.07) is 5.98. The molecule has 1 aromatic rings. The van der Waals surface area contributed by atoms with Crippen LogP contribution in [0.1, 0.15) is 50.4 Å². The largest absolute Gasteiger partial charge is 0.494 e. The monoisotopic (exact) mass is 390 g/mol. The molecule has 2 amide bonds. The molecule has 1 atom stereocenters. The number of hydrogen-bond donors (Lipinski definition) is 1. The lowest BCUT2D eigenvalue weighted by Gasteiger charge is -2.34. The van der Waals surface area contributed by atoms with Crippen LogP contribution in [0, 0.1) is 5.92 Å². The van der Waals surface area contributed by atoms with Gasteiger partial charge in [0.1, 0.15) is 11.8 Å². The van der Waals surface area contributed by atoms with E-state index in [1.54, 1.807) is 24.3 Å². The highest BCUT2D eigenvalue weighted by atomic mass is 16.5. The number of hydrogen-bond acceptors (Lipinski definition) is 5. The summed E-state index contributed by atoms with van der Waals surface area (Å²) in [5, 5.41) is 2.72. The lowest BCUT2D eigenvalue weighted by atomic mass is 10.1. The minimum Gasteiger partial charge on any atom is -0.494 e. The average Bonchev–Trinajstić information content (AvgIpc) is 2.67. The first-order valence-electron chi connectivity index (χ1n) is 9.89. The number of nitrogens with zero attached hydrogens (tertiary/aromatic N) is 1. The predicted molar refractivity (Wildman–Crippen MR) is 105 cm³/mol. The third-order valence-electron chi connectivity index (χ3n) is 4.48. The minimum absolute atomic E-state index is 0.145. The van der Waals surface area contributed by atoms with Gasteiger partial charge in [0.25, 0.3) is 5.91 Å². The minimum atomic E-state index is -0.858. The highest BCUT2D eigenvalue weighted by molar-refractivity contribution is 5.99. The van der Waals surface area contributed by atoms with E-state index in [0.29, 0.717) is 43.5 Å². The number of rotatable bonds is 9. The van der Waals surface area contributed by atoms with Gasteiger partial charge in [-0.3, -0.25) is 14.4 Å². The van der Waals surface area contributed by atoms with Crippen LogP contribution in [0.15, 0.2) is 24.3 Å². The van der Waals surface area contributed by atoms with E-state index in [0.717, 1.165) is 12.8 Å². The molecule has 7 heteroatoms. The number of benzene rings is 1. The lowest BCUT2D eigenvalue weighted by molar-refractivity contribution is -0.148. The third-order valence-corrected chi connectivity index (χ3v) is 4.48. The Morgan fingerprint density at radius 2 is 1.93 bits per heavy atom. The second-order valence-electron chi connectivity index (χ2n) is 7.29. The van der Waals surface area contributed by atoms with Crippen LogP contribution < -0.4 is 10.1 Å². The summed E-state index contributed by atoms with van der Waals surface area (Å²) >= 11 is 0. The van der Waals surface area contributed by atoms with Crippen molar-refractivity contribution in [1.29, 1.82) is 0 Å². The Bertz CT molecular complexity index is 672. The van der Waals surface area contributed by atoms with Crippen LogP contribution in [-0.4, -0.2) is 55.0 Å².